The number of rotatable bonds is 4. The highest BCUT2D eigenvalue weighted by atomic mass is 19.1. The van der Waals surface area contributed by atoms with Crippen molar-refractivity contribution in [3.05, 3.63) is 0 Å². The van der Waals surface area contributed by atoms with E-state index >= 15 is 0 Å². The SMILES string of the molecule is CCN1CC(F)(CN(C)C2COC2)C1. The largest absolute Gasteiger partial charge is 0.378 e. The van der Waals surface area contributed by atoms with Crippen LogP contribution in [0.5, 0.6) is 0 Å². The molecule has 0 N–H and O–H groups in total. The highest BCUT2D eigenvalue weighted by molar-refractivity contribution is 4.98. The maximum atomic E-state index is 14.0. The van der Waals surface area contributed by atoms with E-state index in [1.807, 2.05) is 7.05 Å². The first kappa shape index (κ1) is 10.3. The number of hydrogen-bond acceptors (Lipinski definition) is 3. The van der Waals surface area contributed by atoms with Crippen LogP contribution >= 0.6 is 0 Å². The summed E-state index contributed by atoms with van der Waals surface area (Å²) in [5.41, 5.74) is -0.972. The molecule has 4 heteroatoms. The smallest absolute Gasteiger partial charge is 0.148 e. The number of nitrogens with zero attached hydrogens (tertiary/aromatic N) is 2. The third-order valence-electron chi connectivity index (χ3n) is 3.24. The second-order valence-corrected chi connectivity index (χ2v) is 4.56. The molecule has 2 aliphatic heterocycles. The van der Waals surface area contributed by atoms with Crippen molar-refractivity contribution in [2.75, 3.05) is 46.4 Å². The second-order valence-electron chi connectivity index (χ2n) is 4.56. The van der Waals surface area contributed by atoms with E-state index in [9.17, 15) is 4.39 Å². The van der Waals surface area contributed by atoms with E-state index in [1.165, 1.54) is 0 Å². The van der Waals surface area contributed by atoms with Crippen molar-refractivity contribution in [2.45, 2.75) is 18.6 Å². The quantitative estimate of drug-likeness (QED) is 0.654. The minimum absolute atomic E-state index is 0.443. The van der Waals surface area contributed by atoms with Gasteiger partial charge < -0.3 is 4.74 Å². The van der Waals surface area contributed by atoms with Gasteiger partial charge in [0.1, 0.15) is 5.67 Å². The summed E-state index contributed by atoms with van der Waals surface area (Å²) in [4.78, 5) is 4.22. The van der Waals surface area contributed by atoms with Crippen molar-refractivity contribution >= 4 is 0 Å². The molecule has 2 saturated heterocycles. The molecule has 0 spiro atoms. The molecule has 2 heterocycles. The molecule has 0 aromatic carbocycles. The third kappa shape index (κ3) is 1.92. The summed E-state index contributed by atoms with van der Waals surface area (Å²) in [5, 5.41) is 0. The fourth-order valence-corrected chi connectivity index (χ4v) is 2.13. The monoisotopic (exact) mass is 202 g/mol. The van der Waals surface area contributed by atoms with Crippen molar-refractivity contribution in [2.24, 2.45) is 0 Å². The highest BCUT2D eigenvalue weighted by Crippen LogP contribution is 2.27. The Hall–Kier alpha value is -0.190. The third-order valence-corrected chi connectivity index (χ3v) is 3.24. The zero-order chi connectivity index (χ0) is 10.2. The zero-order valence-corrected chi connectivity index (χ0v) is 9.00. The lowest BCUT2D eigenvalue weighted by Gasteiger charge is -2.47. The Kier molecular flexibility index (Phi) is 2.77. The van der Waals surface area contributed by atoms with E-state index in [4.69, 9.17) is 4.74 Å². The van der Waals surface area contributed by atoms with Gasteiger partial charge in [0.05, 0.1) is 19.3 Å². The standard InChI is InChI=1S/C10H19FN2O/c1-3-13-7-10(11,8-13)6-12(2)9-4-14-5-9/h9H,3-8H2,1-2H3. The predicted molar refractivity (Wildman–Crippen MR) is 53.2 cm³/mol. The zero-order valence-electron chi connectivity index (χ0n) is 9.00. The van der Waals surface area contributed by atoms with E-state index in [-0.39, 0.29) is 0 Å². The lowest BCUT2D eigenvalue weighted by molar-refractivity contribution is -0.0985. The summed E-state index contributed by atoms with van der Waals surface area (Å²) in [6.07, 6.45) is 0. The van der Waals surface area contributed by atoms with Crippen LogP contribution in [0.15, 0.2) is 0 Å². The summed E-state index contributed by atoms with van der Waals surface area (Å²) in [7, 11) is 1.99. The van der Waals surface area contributed by atoms with Crippen molar-refractivity contribution in [3.63, 3.8) is 0 Å². The Morgan fingerprint density at radius 1 is 1.50 bits per heavy atom. The molecule has 0 saturated carbocycles. The van der Waals surface area contributed by atoms with Crippen LogP contribution in [0.25, 0.3) is 0 Å². The van der Waals surface area contributed by atoms with E-state index in [1.54, 1.807) is 0 Å². The van der Waals surface area contributed by atoms with Crippen LogP contribution in [0.3, 0.4) is 0 Å². The lowest BCUT2D eigenvalue weighted by atomic mass is 9.95. The van der Waals surface area contributed by atoms with Gasteiger partial charge in [-0.15, -0.1) is 0 Å². The van der Waals surface area contributed by atoms with E-state index in [0.717, 1.165) is 19.8 Å². The average Bonchev–Trinajstić information content (AvgIpc) is 1.95. The van der Waals surface area contributed by atoms with Crippen LogP contribution in [-0.4, -0.2) is 68.0 Å². The fraction of sp³-hybridized carbons (Fsp3) is 1.00. The van der Waals surface area contributed by atoms with Gasteiger partial charge in [-0.1, -0.05) is 6.92 Å². The Morgan fingerprint density at radius 3 is 2.57 bits per heavy atom. The normalized spacial score (nSPS) is 27.4. The first-order valence-corrected chi connectivity index (χ1v) is 5.32. The van der Waals surface area contributed by atoms with Gasteiger partial charge in [0.15, 0.2) is 0 Å². The molecule has 2 fully saturated rings. The van der Waals surface area contributed by atoms with E-state index in [2.05, 4.69) is 16.7 Å². The second kappa shape index (κ2) is 3.76. The summed E-state index contributed by atoms with van der Waals surface area (Å²) in [5.74, 6) is 0. The van der Waals surface area contributed by atoms with Crippen LogP contribution < -0.4 is 0 Å². The number of alkyl halides is 1. The molecule has 0 amide bonds. The molecule has 82 valence electrons. The Morgan fingerprint density at radius 2 is 2.14 bits per heavy atom. The van der Waals surface area contributed by atoms with Gasteiger partial charge >= 0.3 is 0 Å². The Bertz CT molecular complexity index is 202. The number of halogens is 1. The molecule has 2 aliphatic rings. The van der Waals surface area contributed by atoms with Gasteiger partial charge in [0, 0.05) is 19.6 Å². The number of likely N-dealkylation sites (N-methyl/N-ethyl adjacent to an activating group) is 1. The molecule has 2 rings (SSSR count). The molecular weight excluding hydrogens is 183 g/mol. The van der Waals surface area contributed by atoms with Crippen LogP contribution in [-0.2, 0) is 4.74 Å². The van der Waals surface area contributed by atoms with Crippen LogP contribution in [0.4, 0.5) is 4.39 Å². The topological polar surface area (TPSA) is 15.7 Å². The van der Waals surface area contributed by atoms with Gasteiger partial charge in [-0.2, -0.15) is 0 Å². The van der Waals surface area contributed by atoms with Gasteiger partial charge in [-0.05, 0) is 13.6 Å². The summed E-state index contributed by atoms with van der Waals surface area (Å²) >= 11 is 0. The number of hydrogen-bond donors (Lipinski definition) is 0. The molecule has 0 radical (unpaired) electrons. The molecule has 0 aromatic rings. The minimum Gasteiger partial charge on any atom is -0.378 e. The molecule has 0 aliphatic carbocycles. The minimum atomic E-state index is -0.972. The van der Waals surface area contributed by atoms with E-state index < -0.39 is 5.67 Å². The maximum absolute atomic E-state index is 14.0. The van der Waals surface area contributed by atoms with E-state index in [0.29, 0.717) is 25.7 Å². The van der Waals surface area contributed by atoms with Crippen molar-refractivity contribution in [1.29, 1.82) is 0 Å². The summed E-state index contributed by atoms with van der Waals surface area (Å²) in [6.45, 7) is 6.32. The van der Waals surface area contributed by atoms with Crippen LogP contribution in [0.1, 0.15) is 6.92 Å². The van der Waals surface area contributed by atoms with Gasteiger partial charge in [0.25, 0.3) is 0 Å². The molecule has 0 bridgehead atoms. The Labute approximate surface area is 84.8 Å². The molecule has 0 atom stereocenters. The molecule has 3 nitrogen and oxygen atoms in total. The number of ether oxygens (including phenoxy) is 1. The first-order chi connectivity index (χ1) is 6.63. The lowest BCUT2D eigenvalue weighted by Crippen LogP contribution is -2.65. The van der Waals surface area contributed by atoms with Crippen LogP contribution in [0.2, 0.25) is 0 Å². The van der Waals surface area contributed by atoms with Crippen molar-refractivity contribution in [1.82, 2.24) is 9.80 Å². The fourth-order valence-electron chi connectivity index (χ4n) is 2.13. The molecule has 0 aromatic heterocycles. The molecule has 14 heavy (non-hydrogen) atoms. The average molecular weight is 202 g/mol. The first-order valence-electron chi connectivity index (χ1n) is 5.32. The molecule has 0 unspecified atom stereocenters. The van der Waals surface area contributed by atoms with Crippen molar-refractivity contribution in [3.8, 4) is 0 Å². The van der Waals surface area contributed by atoms with Crippen molar-refractivity contribution < 1.29 is 9.13 Å². The predicted octanol–water partition coefficient (Wildman–Crippen LogP) is 0.361. The van der Waals surface area contributed by atoms with Gasteiger partial charge in [0.2, 0.25) is 0 Å². The highest BCUT2D eigenvalue weighted by Gasteiger charge is 2.44. The summed E-state index contributed by atoms with van der Waals surface area (Å²) < 4.78 is 19.1. The van der Waals surface area contributed by atoms with Gasteiger partial charge in [-0.3, -0.25) is 9.80 Å². The number of likely N-dealkylation sites (tertiary alicyclic amines) is 1. The van der Waals surface area contributed by atoms with Crippen LogP contribution in [0, 0.1) is 0 Å². The Balaban J connectivity index is 1.74. The maximum Gasteiger partial charge on any atom is 0.148 e. The summed E-state index contributed by atoms with van der Waals surface area (Å²) in [6, 6.07) is 0.443. The molecular formula is C10H19FN2O. The van der Waals surface area contributed by atoms with Gasteiger partial charge in [-0.25, -0.2) is 4.39 Å².